The van der Waals surface area contributed by atoms with Gasteiger partial charge in [-0.1, -0.05) is 42.5 Å². The molecule has 7 nitrogen and oxygen atoms in total. The number of nitro benzene ring substituents is 1. The fourth-order valence-electron chi connectivity index (χ4n) is 2.66. The number of imidazole rings is 1. The molecule has 0 spiro atoms. The Balaban J connectivity index is 0.00000243. The number of hydrogen-bond acceptors (Lipinski definition) is 4. The van der Waals surface area contributed by atoms with E-state index in [1.807, 2.05) is 37.4 Å². The molecule has 2 N–H and O–H groups in total. The van der Waals surface area contributed by atoms with Gasteiger partial charge in [0.15, 0.2) is 5.78 Å². The molecule has 0 amide bonds. The summed E-state index contributed by atoms with van der Waals surface area (Å²) in [7, 11) is 1.83. The van der Waals surface area contributed by atoms with Crippen LogP contribution in [0.4, 0.5) is 11.6 Å². The molecule has 0 aliphatic rings. The van der Waals surface area contributed by atoms with E-state index in [4.69, 9.17) is 5.73 Å². The van der Waals surface area contributed by atoms with Crippen molar-refractivity contribution in [3.8, 4) is 11.3 Å². The summed E-state index contributed by atoms with van der Waals surface area (Å²) in [6, 6.07) is 15.4. The van der Waals surface area contributed by atoms with E-state index in [0.717, 1.165) is 11.3 Å². The third-order valence-corrected chi connectivity index (χ3v) is 4.04. The van der Waals surface area contributed by atoms with Gasteiger partial charge in [0.25, 0.3) is 5.69 Å². The minimum Gasteiger partial charge on any atom is -1.00 e. The number of non-ortho nitro benzene ring substituents is 1. The van der Waals surface area contributed by atoms with Gasteiger partial charge in [0.05, 0.1) is 12.0 Å². The van der Waals surface area contributed by atoms with Crippen LogP contribution in [0.2, 0.25) is 0 Å². The number of nitro groups is 1. The molecule has 3 rings (SSSR count). The maximum absolute atomic E-state index is 12.5. The number of nitrogens with two attached hydrogens (primary N) is 1. The summed E-state index contributed by atoms with van der Waals surface area (Å²) in [5.41, 5.74) is 8.15. The lowest BCUT2D eigenvalue weighted by atomic mass is 10.1. The molecule has 134 valence electrons. The maximum atomic E-state index is 12.5. The summed E-state index contributed by atoms with van der Waals surface area (Å²) < 4.78 is 3.44. The molecule has 0 bridgehead atoms. The first kappa shape index (κ1) is 19.3. The molecule has 0 radical (unpaired) electrons. The van der Waals surface area contributed by atoms with E-state index in [9.17, 15) is 14.9 Å². The highest BCUT2D eigenvalue weighted by Crippen LogP contribution is 2.19. The Kier molecular flexibility index (Phi) is 5.89. The highest BCUT2D eigenvalue weighted by Gasteiger charge is 2.21. The number of halogens is 1. The number of rotatable bonds is 5. The Morgan fingerprint density at radius 2 is 1.88 bits per heavy atom. The monoisotopic (exact) mass is 416 g/mol. The molecule has 0 aliphatic carbocycles. The van der Waals surface area contributed by atoms with Crippen molar-refractivity contribution in [2.45, 2.75) is 6.54 Å². The van der Waals surface area contributed by atoms with E-state index in [-0.39, 0.29) is 40.6 Å². The normalized spacial score (nSPS) is 10.2. The minimum atomic E-state index is -0.520. The summed E-state index contributed by atoms with van der Waals surface area (Å²) in [6.07, 6.45) is 1.81. The maximum Gasteiger partial charge on any atom is 0.355 e. The van der Waals surface area contributed by atoms with Crippen molar-refractivity contribution >= 4 is 17.4 Å². The molecule has 0 atom stereocenters. The molecule has 1 aromatic heterocycles. The summed E-state index contributed by atoms with van der Waals surface area (Å²) in [5, 5.41) is 10.9. The predicted octanol–water partition coefficient (Wildman–Crippen LogP) is -0.643. The highest BCUT2D eigenvalue weighted by atomic mass is 79.9. The van der Waals surface area contributed by atoms with E-state index in [2.05, 4.69) is 0 Å². The Hall–Kier alpha value is -3.00. The molecule has 0 unspecified atom stereocenters. The van der Waals surface area contributed by atoms with Crippen molar-refractivity contribution in [1.82, 2.24) is 4.57 Å². The van der Waals surface area contributed by atoms with E-state index in [1.54, 1.807) is 21.4 Å². The number of nitrogens with zero attached hydrogens (tertiary/aromatic N) is 3. The fourth-order valence-corrected chi connectivity index (χ4v) is 2.66. The van der Waals surface area contributed by atoms with Crippen molar-refractivity contribution in [3.05, 3.63) is 76.5 Å². The number of aromatic nitrogens is 2. The molecular weight excluding hydrogens is 400 g/mol. The number of nitrogen functional groups attached to an aromatic ring is 1. The number of carbonyl (C=O) groups excluding carboxylic acids is 1. The van der Waals surface area contributed by atoms with Gasteiger partial charge in [-0.2, -0.15) is 0 Å². The van der Waals surface area contributed by atoms with Crippen molar-refractivity contribution < 1.29 is 31.3 Å². The van der Waals surface area contributed by atoms with Crippen molar-refractivity contribution in [2.75, 3.05) is 5.73 Å². The topological polar surface area (TPSA) is 95.0 Å². The van der Waals surface area contributed by atoms with Crippen molar-refractivity contribution in [1.29, 1.82) is 0 Å². The average Bonchev–Trinajstić information content (AvgIpc) is 2.91. The number of hydrogen-bond donors (Lipinski definition) is 1. The van der Waals surface area contributed by atoms with Crippen molar-refractivity contribution in [2.24, 2.45) is 7.05 Å². The molecule has 0 aliphatic heterocycles. The SMILES string of the molecule is Cn1c(-c2ccccc2)c[n+](CC(=O)c2cccc([N+](=O)[O-])c2)c1N.[Br-]. The standard InChI is InChI=1S/C18H16N4O3.BrH/c1-20-16(13-6-3-2-4-7-13)11-21(18(20)19)12-17(23)14-8-5-9-15(10-14)22(24)25;/h2-11,19H,12H2,1H3;1H. The predicted molar refractivity (Wildman–Crippen MR) is 92.9 cm³/mol. The van der Waals surface area contributed by atoms with Crippen LogP contribution >= 0.6 is 0 Å². The number of benzene rings is 2. The second-order valence-electron chi connectivity index (χ2n) is 5.66. The van der Waals surface area contributed by atoms with Gasteiger partial charge >= 0.3 is 5.95 Å². The molecule has 0 saturated carbocycles. The third kappa shape index (κ3) is 3.80. The van der Waals surface area contributed by atoms with Gasteiger partial charge < -0.3 is 17.0 Å². The van der Waals surface area contributed by atoms with Crippen LogP contribution in [-0.2, 0) is 13.6 Å². The minimum absolute atomic E-state index is 0. The number of anilines is 1. The number of carbonyl (C=O) groups is 1. The van der Waals surface area contributed by atoms with Gasteiger partial charge in [0, 0.05) is 23.3 Å². The Morgan fingerprint density at radius 1 is 1.19 bits per heavy atom. The van der Waals surface area contributed by atoms with Crippen molar-refractivity contribution in [3.63, 3.8) is 0 Å². The summed E-state index contributed by atoms with van der Waals surface area (Å²) >= 11 is 0. The zero-order chi connectivity index (χ0) is 18.0. The molecular formula is C18H17BrN4O3. The third-order valence-electron chi connectivity index (χ3n) is 4.04. The average molecular weight is 417 g/mol. The van der Waals surface area contributed by atoms with Gasteiger partial charge in [0.1, 0.15) is 18.4 Å². The zero-order valence-corrected chi connectivity index (χ0v) is 15.6. The fraction of sp³-hybridized carbons (Fsp3) is 0.111. The molecule has 3 aromatic rings. The lowest BCUT2D eigenvalue weighted by molar-refractivity contribution is -0.667. The smallest absolute Gasteiger partial charge is 0.355 e. The molecule has 0 saturated heterocycles. The molecule has 26 heavy (non-hydrogen) atoms. The lowest BCUT2D eigenvalue weighted by Crippen LogP contribution is -3.00. The van der Waals surface area contributed by atoms with E-state index in [0.29, 0.717) is 5.95 Å². The quantitative estimate of drug-likeness (QED) is 0.259. The molecule has 2 aromatic carbocycles. The van der Waals surface area contributed by atoms with Crippen LogP contribution in [0.1, 0.15) is 10.4 Å². The summed E-state index contributed by atoms with van der Waals surface area (Å²) in [6.45, 7) is 0.00761. The van der Waals surface area contributed by atoms with Crippen LogP contribution in [-0.4, -0.2) is 15.3 Å². The Labute approximate surface area is 160 Å². The Bertz CT molecular complexity index is 954. The zero-order valence-electron chi connectivity index (χ0n) is 14.0. The van der Waals surface area contributed by atoms with Crippen LogP contribution in [0.15, 0.2) is 60.8 Å². The van der Waals surface area contributed by atoms with E-state index < -0.39 is 4.92 Å². The first-order valence-electron chi connectivity index (χ1n) is 7.65. The molecule has 1 heterocycles. The van der Waals surface area contributed by atoms with Crippen LogP contribution in [0.25, 0.3) is 11.3 Å². The van der Waals surface area contributed by atoms with Crippen LogP contribution < -0.4 is 27.3 Å². The van der Waals surface area contributed by atoms with Gasteiger partial charge in [0.2, 0.25) is 0 Å². The van der Waals surface area contributed by atoms with Gasteiger partial charge in [-0.25, -0.2) is 9.13 Å². The summed E-state index contributed by atoms with van der Waals surface area (Å²) in [4.78, 5) is 22.8. The number of ketones is 1. The van der Waals surface area contributed by atoms with Crippen LogP contribution in [0.5, 0.6) is 0 Å². The molecule has 8 heteroatoms. The second-order valence-corrected chi connectivity index (χ2v) is 5.66. The highest BCUT2D eigenvalue weighted by molar-refractivity contribution is 5.95. The van der Waals surface area contributed by atoms with Gasteiger partial charge in [-0.05, 0) is 0 Å². The van der Waals surface area contributed by atoms with Crippen LogP contribution in [0, 0.1) is 10.1 Å². The molecule has 0 fully saturated rings. The largest absolute Gasteiger partial charge is 1.00 e. The lowest BCUT2D eigenvalue weighted by Gasteiger charge is -2.00. The second kappa shape index (κ2) is 7.92. The first-order chi connectivity index (χ1) is 12.0. The van der Waals surface area contributed by atoms with E-state index in [1.165, 1.54) is 18.2 Å². The number of Topliss-reactive ketones (excluding diaryl/α,β-unsaturated/α-hetero) is 1. The van der Waals surface area contributed by atoms with Crippen LogP contribution in [0.3, 0.4) is 0 Å². The van der Waals surface area contributed by atoms with Gasteiger partial charge in [-0.15, -0.1) is 0 Å². The van der Waals surface area contributed by atoms with E-state index >= 15 is 0 Å². The van der Waals surface area contributed by atoms with Gasteiger partial charge in [-0.3, -0.25) is 20.6 Å². The Morgan fingerprint density at radius 3 is 2.54 bits per heavy atom. The summed E-state index contributed by atoms with van der Waals surface area (Å²) in [5.74, 6) is 0.184. The first-order valence-corrected chi connectivity index (χ1v) is 7.65.